The van der Waals surface area contributed by atoms with Gasteiger partial charge in [0, 0.05) is 11.9 Å². The molecule has 0 aliphatic carbocycles. The average molecular weight is 253 g/mol. The maximum atomic E-state index is 11.8. The van der Waals surface area contributed by atoms with E-state index in [1.165, 1.54) is 12.4 Å². The normalized spacial score (nSPS) is 11.1. The van der Waals surface area contributed by atoms with Gasteiger partial charge in [-0.3, -0.25) is 9.82 Å². The number of benzene rings is 1. The Morgan fingerprint density at radius 2 is 2.00 bits per heavy atom. The minimum Gasteiger partial charge on any atom is -0.497 e. The predicted molar refractivity (Wildman–Crippen MR) is 62.4 cm³/mol. The number of H-pyrrole nitrogens is 1. The highest BCUT2D eigenvalue weighted by Crippen LogP contribution is 2.18. The van der Waals surface area contributed by atoms with Crippen molar-refractivity contribution in [1.82, 2.24) is 10.2 Å². The molecule has 0 saturated heterocycles. The van der Waals surface area contributed by atoms with Crippen LogP contribution in [-0.4, -0.2) is 25.7 Å². The number of nitrogens with zero attached hydrogens (tertiary/aromatic N) is 1. The van der Waals surface area contributed by atoms with E-state index in [-0.39, 0.29) is 4.90 Å². The molecular weight excluding hydrogens is 242 g/mol. The van der Waals surface area contributed by atoms with Crippen LogP contribution in [0.2, 0.25) is 0 Å². The Morgan fingerprint density at radius 1 is 1.29 bits per heavy atom. The second-order valence-corrected chi connectivity index (χ2v) is 4.95. The zero-order chi connectivity index (χ0) is 12.3. The lowest BCUT2D eigenvalue weighted by Gasteiger charge is -2.06. The molecule has 0 bridgehead atoms. The Labute approximate surface area is 98.7 Å². The van der Waals surface area contributed by atoms with Crippen LogP contribution in [0.25, 0.3) is 0 Å². The van der Waals surface area contributed by atoms with E-state index in [1.807, 2.05) is 0 Å². The summed E-state index contributed by atoms with van der Waals surface area (Å²) in [7, 11) is -2.03. The van der Waals surface area contributed by atoms with Gasteiger partial charge in [0.1, 0.15) is 10.6 Å². The van der Waals surface area contributed by atoms with Gasteiger partial charge in [0.25, 0.3) is 10.0 Å². The molecule has 0 aliphatic rings. The summed E-state index contributed by atoms with van der Waals surface area (Å²) in [6.07, 6.45) is 2.55. The smallest absolute Gasteiger partial charge is 0.265 e. The van der Waals surface area contributed by atoms with Crippen molar-refractivity contribution in [3.8, 4) is 5.75 Å². The van der Waals surface area contributed by atoms with E-state index in [0.29, 0.717) is 11.4 Å². The number of sulfonamides is 1. The van der Waals surface area contributed by atoms with Gasteiger partial charge in [0.05, 0.1) is 13.3 Å². The standard InChI is InChI=1S/C10H11N3O3S/c1-16-9-4-2-8(3-5-9)13-17(14,15)10-6-11-12-7-10/h2-7,13H,1H3,(H,11,12). The van der Waals surface area contributed by atoms with E-state index in [0.717, 1.165) is 0 Å². The molecule has 17 heavy (non-hydrogen) atoms. The molecule has 0 spiro atoms. The van der Waals surface area contributed by atoms with Gasteiger partial charge < -0.3 is 4.74 Å². The highest BCUT2D eigenvalue weighted by molar-refractivity contribution is 7.92. The van der Waals surface area contributed by atoms with Gasteiger partial charge in [-0.05, 0) is 24.3 Å². The first kappa shape index (κ1) is 11.5. The summed E-state index contributed by atoms with van der Waals surface area (Å²) < 4.78 is 31.0. The van der Waals surface area contributed by atoms with Crippen LogP contribution in [0.3, 0.4) is 0 Å². The first-order valence-corrected chi connectivity index (χ1v) is 6.26. The molecule has 90 valence electrons. The molecule has 0 radical (unpaired) electrons. The molecule has 0 saturated carbocycles. The molecule has 2 N–H and O–H groups in total. The van der Waals surface area contributed by atoms with E-state index in [4.69, 9.17) is 4.74 Å². The first-order valence-electron chi connectivity index (χ1n) is 4.77. The Balaban J connectivity index is 2.21. The van der Waals surface area contributed by atoms with Gasteiger partial charge in [-0.15, -0.1) is 0 Å². The first-order chi connectivity index (χ1) is 8.12. The number of aromatic amines is 1. The number of anilines is 1. The van der Waals surface area contributed by atoms with Gasteiger partial charge in [0.2, 0.25) is 0 Å². The third-order valence-electron chi connectivity index (χ3n) is 2.13. The third kappa shape index (κ3) is 2.56. The Hall–Kier alpha value is -2.02. The zero-order valence-corrected chi connectivity index (χ0v) is 9.86. The lowest BCUT2D eigenvalue weighted by atomic mass is 10.3. The van der Waals surface area contributed by atoms with Crippen LogP contribution >= 0.6 is 0 Å². The Morgan fingerprint density at radius 3 is 2.53 bits per heavy atom. The van der Waals surface area contributed by atoms with Crippen molar-refractivity contribution in [3.63, 3.8) is 0 Å². The number of rotatable bonds is 4. The molecule has 0 atom stereocenters. The second-order valence-electron chi connectivity index (χ2n) is 3.27. The largest absolute Gasteiger partial charge is 0.497 e. The van der Waals surface area contributed by atoms with Crippen LogP contribution in [-0.2, 0) is 10.0 Å². The summed E-state index contributed by atoms with van der Waals surface area (Å²) in [5.74, 6) is 0.663. The van der Waals surface area contributed by atoms with Crippen molar-refractivity contribution in [2.45, 2.75) is 4.90 Å². The Kier molecular flexibility index (Phi) is 3.01. The fourth-order valence-electron chi connectivity index (χ4n) is 1.26. The highest BCUT2D eigenvalue weighted by atomic mass is 32.2. The molecule has 1 aromatic carbocycles. The highest BCUT2D eigenvalue weighted by Gasteiger charge is 2.14. The molecule has 7 heteroatoms. The van der Waals surface area contributed by atoms with Gasteiger partial charge in [-0.2, -0.15) is 5.10 Å². The molecule has 0 fully saturated rings. The van der Waals surface area contributed by atoms with Crippen LogP contribution < -0.4 is 9.46 Å². The molecule has 0 aliphatic heterocycles. The lowest BCUT2D eigenvalue weighted by Crippen LogP contribution is -2.11. The third-order valence-corrected chi connectivity index (χ3v) is 3.47. The Bertz CT molecular complexity index is 576. The maximum absolute atomic E-state index is 11.8. The molecule has 2 aromatic rings. The number of hydrogen-bond acceptors (Lipinski definition) is 4. The van der Waals surface area contributed by atoms with E-state index >= 15 is 0 Å². The zero-order valence-electron chi connectivity index (χ0n) is 9.04. The van der Waals surface area contributed by atoms with E-state index in [9.17, 15) is 8.42 Å². The van der Waals surface area contributed by atoms with Crippen molar-refractivity contribution < 1.29 is 13.2 Å². The minimum atomic E-state index is -3.57. The van der Waals surface area contributed by atoms with Crippen LogP contribution in [0.5, 0.6) is 5.75 Å². The van der Waals surface area contributed by atoms with Gasteiger partial charge >= 0.3 is 0 Å². The van der Waals surface area contributed by atoms with Crippen LogP contribution in [0, 0.1) is 0 Å². The van der Waals surface area contributed by atoms with Crippen molar-refractivity contribution >= 4 is 15.7 Å². The summed E-state index contributed by atoms with van der Waals surface area (Å²) in [5, 5.41) is 6.04. The van der Waals surface area contributed by atoms with E-state index in [1.54, 1.807) is 31.4 Å². The van der Waals surface area contributed by atoms with E-state index < -0.39 is 10.0 Å². The predicted octanol–water partition coefficient (Wildman–Crippen LogP) is 1.22. The fraction of sp³-hybridized carbons (Fsp3) is 0.100. The minimum absolute atomic E-state index is 0.0910. The van der Waals surface area contributed by atoms with E-state index in [2.05, 4.69) is 14.9 Å². The topological polar surface area (TPSA) is 84.1 Å². The molecule has 0 unspecified atom stereocenters. The van der Waals surface area contributed by atoms with Gasteiger partial charge in [-0.1, -0.05) is 0 Å². The summed E-state index contributed by atoms with van der Waals surface area (Å²) in [6.45, 7) is 0. The monoisotopic (exact) mass is 253 g/mol. The molecule has 0 amide bonds. The lowest BCUT2D eigenvalue weighted by molar-refractivity contribution is 0.415. The quantitative estimate of drug-likeness (QED) is 0.858. The summed E-state index contributed by atoms with van der Waals surface area (Å²) in [4.78, 5) is 0.0910. The SMILES string of the molecule is COc1ccc(NS(=O)(=O)c2cn[nH]c2)cc1. The molecule has 6 nitrogen and oxygen atoms in total. The number of methoxy groups -OCH3 is 1. The van der Waals surface area contributed by atoms with Gasteiger partial charge in [0.15, 0.2) is 0 Å². The molecule has 1 heterocycles. The molecule has 2 rings (SSSR count). The van der Waals surface area contributed by atoms with Crippen molar-refractivity contribution in [3.05, 3.63) is 36.7 Å². The number of ether oxygens (including phenoxy) is 1. The average Bonchev–Trinajstić information content (AvgIpc) is 2.84. The maximum Gasteiger partial charge on any atom is 0.265 e. The molecular formula is C10H11N3O3S. The fourth-order valence-corrected chi connectivity index (χ4v) is 2.22. The van der Waals surface area contributed by atoms with Gasteiger partial charge in [-0.25, -0.2) is 8.42 Å². The van der Waals surface area contributed by atoms with Crippen LogP contribution in [0.15, 0.2) is 41.6 Å². The van der Waals surface area contributed by atoms with Crippen molar-refractivity contribution in [2.24, 2.45) is 0 Å². The summed E-state index contributed by atoms with van der Waals surface area (Å²) in [6, 6.07) is 6.59. The summed E-state index contributed by atoms with van der Waals surface area (Å²) in [5.41, 5.74) is 0.465. The molecule has 1 aromatic heterocycles. The number of hydrogen-bond donors (Lipinski definition) is 2. The summed E-state index contributed by atoms with van der Waals surface area (Å²) >= 11 is 0. The second kappa shape index (κ2) is 4.46. The number of nitrogens with one attached hydrogen (secondary N) is 2. The van der Waals surface area contributed by atoms with Crippen LogP contribution in [0.4, 0.5) is 5.69 Å². The van der Waals surface area contributed by atoms with Crippen LogP contribution in [0.1, 0.15) is 0 Å². The van der Waals surface area contributed by atoms with Crippen molar-refractivity contribution in [1.29, 1.82) is 0 Å². The van der Waals surface area contributed by atoms with Crippen molar-refractivity contribution in [2.75, 3.05) is 11.8 Å². The number of aromatic nitrogens is 2.